The van der Waals surface area contributed by atoms with Crippen LogP contribution in [0.15, 0.2) is 167 Å². The number of aliphatic imine (C=N–C) groups is 2. The van der Waals surface area contributed by atoms with Crippen molar-refractivity contribution in [3.05, 3.63) is 339 Å². The molecule has 3 aliphatic rings. The van der Waals surface area contributed by atoms with Crippen LogP contribution in [0.5, 0.6) is 0 Å². The van der Waals surface area contributed by atoms with Crippen LogP contribution in [0.2, 0.25) is 0 Å². The fourth-order valence-electron chi connectivity index (χ4n) is 11.2. The molecule has 90 heavy (non-hydrogen) atoms. The summed E-state index contributed by atoms with van der Waals surface area (Å²) in [6.07, 6.45) is 5.09. The lowest BCUT2D eigenvalue weighted by Gasteiger charge is -2.14. The number of fused-ring (bicyclic) bond motifs is 10. The van der Waals surface area contributed by atoms with Gasteiger partial charge in [-0.25, -0.2) is 75.8 Å². The van der Waals surface area contributed by atoms with Gasteiger partial charge in [0.25, 0.3) is 0 Å². The summed E-state index contributed by atoms with van der Waals surface area (Å²) in [6.45, 7) is 5.32. The fraction of sp³-hybridized carbons (Fsp3) is 0.0435. The minimum atomic E-state index is -2.48. The van der Waals surface area contributed by atoms with E-state index in [4.69, 9.17) is 9.98 Å². The highest BCUT2D eigenvalue weighted by molar-refractivity contribution is 6.31. The normalized spacial score (nSPS) is 14.2. The van der Waals surface area contributed by atoms with E-state index in [-0.39, 0.29) is 72.3 Å². The minimum Gasteiger partial charge on any atom is -0.354 e. The van der Waals surface area contributed by atoms with E-state index in [9.17, 15) is 13.2 Å². The standard InChI is InChI=1S/C69H37F15N6/c1-28-4-10-31(11-5-28)46-34-16-22-40(85-34)49(52-55(70)61(76)67(82)62(77)56(52)71)42-24-18-36(87-42)47(32-12-6-29(2)7-13-32)38-20-26-44(89-38)51(54-59(74)65(80)69(84)66(81)60(54)75)45-27-21-39(90-45)48(33-14-8-30(3)9-15-33)37-19-25-43(88-37)50(41-23-17-35(46)86-41)53-57(72)63(78)68(83)64(79)58(53)73/h4-27,85-86,89-90H,1-3H3. The molecule has 0 spiro atoms. The lowest BCUT2D eigenvalue weighted by atomic mass is 9.98. The summed E-state index contributed by atoms with van der Waals surface area (Å²) in [6, 6.07) is 30.5. The van der Waals surface area contributed by atoms with Crippen molar-refractivity contribution in [1.29, 1.82) is 0 Å². The van der Waals surface area contributed by atoms with E-state index in [2.05, 4.69) is 19.9 Å². The molecule has 4 N–H and O–H groups in total. The third kappa shape index (κ3) is 9.49. The van der Waals surface area contributed by atoms with Crippen LogP contribution in [0.25, 0.3) is 33.4 Å². The third-order valence-electron chi connectivity index (χ3n) is 15.6. The average molecular weight is 1240 g/mol. The molecule has 6 nitrogen and oxygen atoms in total. The number of hydrogen-bond acceptors (Lipinski definition) is 2. The van der Waals surface area contributed by atoms with Gasteiger partial charge in [0.05, 0.1) is 39.5 Å². The number of hydrogen-bond donors (Lipinski definition) is 4. The molecule has 0 amide bonds. The number of H-pyrrole nitrogens is 4. The van der Waals surface area contributed by atoms with Crippen molar-refractivity contribution in [3.8, 4) is 0 Å². The molecule has 0 atom stereocenters. The Morgan fingerprint density at radius 2 is 0.500 bits per heavy atom. The summed E-state index contributed by atoms with van der Waals surface area (Å²) in [5, 5.41) is -0.549. The van der Waals surface area contributed by atoms with Crippen molar-refractivity contribution in [1.82, 2.24) is 19.9 Å². The highest BCUT2D eigenvalue weighted by atomic mass is 19.2. The van der Waals surface area contributed by atoms with Gasteiger partial charge in [-0.3, -0.25) is 0 Å². The number of rotatable bonds is 6. The first kappa shape index (κ1) is 58.2. The van der Waals surface area contributed by atoms with Crippen molar-refractivity contribution in [2.24, 2.45) is 9.98 Å². The maximum absolute atomic E-state index is 16.5. The Morgan fingerprint density at radius 1 is 0.233 bits per heavy atom. The van der Waals surface area contributed by atoms with E-state index in [0.717, 1.165) is 16.7 Å². The molecule has 13 rings (SSSR count). The Bertz CT molecular complexity index is 5160. The van der Waals surface area contributed by atoms with Crippen LogP contribution < -0.4 is 21.4 Å². The van der Waals surface area contributed by atoms with E-state index in [0.29, 0.717) is 16.7 Å². The quantitative estimate of drug-likeness (QED) is 0.0726. The molecule has 448 valence electrons. The number of allylic oxidation sites excluding steroid dienone is 4. The SMILES string of the molecule is Cc1ccc(C2=C3C=CC(=N3)C(c3c(F)c(F)c(F)c(F)c3F)=c3ccc([nH]3)=C(c3ccc(C)cc3)c3ccc([nH]3)C(c3c(F)c(F)c(F)c(F)c3F)=C3C=CC(=N3)C(c3ccc(C)cc3)=c3ccc([nH]3)=C(c3c(F)c(F)c(F)c(F)c3F)c3ccc2[nH]3)cc1. The molecule has 6 aromatic carbocycles. The van der Waals surface area contributed by atoms with Gasteiger partial charge in [-0.1, -0.05) is 89.5 Å². The van der Waals surface area contributed by atoms with Gasteiger partial charge in [-0.05, 0) is 110 Å². The molecule has 0 unspecified atom stereocenters. The van der Waals surface area contributed by atoms with Crippen LogP contribution in [-0.2, 0) is 0 Å². The lowest BCUT2D eigenvalue weighted by Crippen LogP contribution is -2.22. The van der Waals surface area contributed by atoms with Crippen molar-refractivity contribution >= 4 is 44.9 Å². The second-order valence-electron chi connectivity index (χ2n) is 21.3. The largest absolute Gasteiger partial charge is 0.354 e. The molecule has 0 saturated carbocycles. The third-order valence-corrected chi connectivity index (χ3v) is 15.6. The lowest BCUT2D eigenvalue weighted by molar-refractivity contribution is 0.376. The number of aromatic amines is 4. The van der Waals surface area contributed by atoms with Gasteiger partial charge in [0, 0.05) is 77.6 Å². The van der Waals surface area contributed by atoms with Gasteiger partial charge in [0.2, 0.25) is 17.5 Å². The Kier molecular flexibility index (Phi) is 14.3. The zero-order valence-electron chi connectivity index (χ0n) is 46.4. The van der Waals surface area contributed by atoms with Crippen LogP contribution in [0, 0.1) is 108 Å². The van der Waals surface area contributed by atoms with Gasteiger partial charge in [0.1, 0.15) is 0 Å². The second kappa shape index (κ2) is 22.1. The maximum Gasteiger partial charge on any atom is 0.200 e. The summed E-state index contributed by atoms with van der Waals surface area (Å²) in [5.41, 5.74) is -4.10. The predicted molar refractivity (Wildman–Crippen MR) is 307 cm³/mol. The molecule has 10 aromatic rings. The number of aryl methyl sites for hydroxylation is 3. The van der Waals surface area contributed by atoms with Gasteiger partial charge in [-0.2, -0.15) is 0 Å². The van der Waals surface area contributed by atoms with Gasteiger partial charge in [-0.15, -0.1) is 0 Å². The van der Waals surface area contributed by atoms with E-state index < -0.39 is 132 Å². The topological polar surface area (TPSA) is 87.9 Å². The van der Waals surface area contributed by atoms with Crippen LogP contribution in [0.1, 0.15) is 72.8 Å². The van der Waals surface area contributed by atoms with E-state index in [1.807, 2.05) is 0 Å². The first-order chi connectivity index (χ1) is 43.1. The van der Waals surface area contributed by atoms with E-state index in [1.54, 1.807) is 93.6 Å². The highest BCUT2D eigenvalue weighted by Crippen LogP contribution is 2.40. The van der Waals surface area contributed by atoms with Gasteiger partial charge in [0.15, 0.2) is 69.8 Å². The van der Waals surface area contributed by atoms with Gasteiger partial charge >= 0.3 is 0 Å². The van der Waals surface area contributed by atoms with Crippen LogP contribution >= 0.6 is 0 Å². The van der Waals surface area contributed by atoms with Crippen molar-refractivity contribution in [3.63, 3.8) is 0 Å². The van der Waals surface area contributed by atoms with E-state index >= 15 is 52.7 Å². The zero-order chi connectivity index (χ0) is 63.5. The van der Waals surface area contributed by atoms with Crippen molar-refractivity contribution < 1.29 is 65.9 Å². The zero-order valence-corrected chi connectivity index (χ0v) is 46.4. The molecule has 0 fully saturated rings. The van der Waals surface area contributed by atoms with Gasteiger partial charge < -0.3 is 19.9 Å². The van der Waals surface area contributed by atoms with E-state index in [1.165, 1.54) is 72.8 Å². The highest BCUT2D eigenvalue weighted by Gasteiger charge is 2.35. The maximum atomic E-state index is 16.5. The average Bonchev–Trinajstić information content (AvgIpc) is 1.54. The van der Waals surface area contributed by atoms with Crippen LogP contribution in [0.4, 0.5) is 65.9 Å². The number of nitrogens with one attached hydrogen (secondary N) is 4. The molecular formula is C69H37F15N6. The summed E-state index contributed by atoms with van der Waals surface area (Å²) < 4.78 is 237. The number of nitrogens with zero attached hydrogens (tertiary/aromatic N) is 2. The smallest absolute Gasteiger partial charge is 0.200 e. The van der Waals surface area contributed by atoms with Crippen LogP contribution in [0.3, 0.4) is 0 Å². The molecular weight excluding hydrogens is 1200 g/mol. The monoisotopic (exact) mass is 1230 g/mol. The first-order valence-electron chi connectivity index (χ1n) is 27.2. The van der Waals surface area contributed by atoms with Crippen molar-refractivity contribution in [2.45, 2.75) is 20.8 Å². The summed E-state index contributed by atoms with van der Waals surface area (Å²) in [5.74, 6) is -34.9. The Balaban J connectivity index is 1.21. The minimum absolute atomic E-state index is 0.0324. The molecule has 7 heterocycles. The number of halogens is 15. The Hall–Kier alpha value is -10.8. The van der Waals surface area contributed by atoms with Crippen LogP contribution in [-0.4, -0.2) is 31.4 Å². The summed E-state index contributed by atoms with van der Waals surface area (Å²) in [4.78, 5) is 21.6. The first-order valence-corrected chi connectivity index (χ1v) is 27.2. The summed E-state index contributed by atoms with van der Waals surface area (Å²) >= 11 is 0. The molecule has 0 saturated heterocycles. The summed E-state index contributed by atoms with van der Waals surface area (Å²) in [7, 11) is 0. The fourth-order valence-corrected chi connectivity index (χ4v) is 11.2. The van der Waals surface area contributed by atoms with Crippen molar-refractivity contribution in [2.75, 3.05) is 0 Å². The Morgan fingerprint density at radius 3 is 0.911 bits per heavy atom. The molecule has 21 heteroatoms. The molecule has 12 bridgehead atoms. The molecule has 3 aliphatic heterocycles. The number of benzene rings is 6. The molecule has 0 radical (unpaired) electrons. The predicted octanol–water partition coefficient (Wildman–Crippen LogP) is 14.2. The number of aromatic nitrogens is 4. The molecule has 0 aliphatic carbocycles. The Labute approximate surface area is 498 Å². The second-order valence-corrected chi connectivity index (χ2v) is 21.3. The molecule has 4 aromatic heterocycles.